The molecule has 12 nitrogen and oxygen atoms in total. The van der Waals surface area contributed by atoms with Crippen LogP contribution in [0.3, 0.4) is 0 Å². The first-order valence-corrected chi connectivity index (χ1v) is 21.2. The van der Waals surface area contributed by atoms with Gasteiger partial charge in [0.05, 0.1) is 23.8 Å². The second-order valence-corrected chi connectivity index (χ2v) is 18.6. The number of aromatic amines is 4. The van der Waals surface area contributed by atoms with Crippen LogP contribution < -0.4 is 10.6 Å². The first-order chi connectivity index (χ1) is 31.0. The fourth-order valence-corrected chi connectivity index (χ4v) is 7.56. The molecular weight excluding hydrogens is 853 g/mol. The average Bonchev–Trinajstić information content (AvgIpc) is 4.05. The summed E-state index contributed by atoms with van der Waals surface area (Å²) in [6, 6.07) is 21.2. The lowest BCUT2D eigenvalue weighted by atomic mass is 9.91. The molecule has 0 radical (unpaired) electrons. The zero-order valence-corrected chi connectivity index (χ0v) is 37.8. The van der Waals surface area contributed by atoms with Crippen LogP contribution in [0.4, 0.5) is 27.2 Å². The molecule has 0 aliphatic rings. The number of alkyl carbamates (subject to hydrolysis) is 2. The van der Waals surface area contributed by atoms with Crippen molar-refractivity contribution >= 4 is 34.0 Å². The number of H-pyrrole nitrogens is 4. The van der Waals surface area contributed by atoms with Crippen LogP contribution in [-0.4, -0.2) is 53.3 Å². The summed E-state index contributed by atoms with van der Waals surface area (Å²) in [5.41, 5.74) is 2.66. The molecule has 4 heterocycles. The third kappa shape index (κ3) is 11.3. The number of imidazole rings is 2. The van der Waals surface area contributed by atoms with Crippen LogP contribution in [0.15, 0.2) is 110 Å². The van der Waals surface area contributed by atoms with Crippen molar-refractivity contribution in [3.05, 3.63) is 156 Å². The molecule has 8 aromatic rings. The van der Waals surface area contributed by atoms with Crippen molar-refractivity contribution in [1.29, 1.82) is 0 Å². The Balaban J connectivity index is 0.000000196. The Bertz CT molecular complexity index is 2780. The van der Waals surface area contributed by atoms with E-state index in [2.05, 4.69) is 40.5 Å². The summed E-state index contributed by atoms with van der Waals surface area (Å²) in [6.45, 7) is 14.4. The number of aromatic nitrogens is 6. The van der Waals surface area contributed by atoms with Gasteiger partial charge in [0.15, 0.2) is 0 Å². The number of amides is 2. The van der Waals surface area contributed by atoms with E-state index in [1.807, 2.05) is 13.8 Å². The highest BCUT2D eigenvalue weighted by Gasteiger charge is 2.36. The zero-order chi connectivity index (χ0) is 47.6. The number of nitrogens with zero attached hydrogens (tertiary/aromatic N) is 2. The Morgan fingerprint density at radius 2 is 0.879 bits per heavy atom. The molecule has 344 valence electrons. The van der Waals surface area contributed by atoms with E-state index in [0.717, 1.165) is 33.0 Å². The largest absolute Gasteiger partial charge is 0.444 e. The van der Waals surface area contributed by atoms with Gasteiger partial charge in [0, 0.05) is 47.0 Å². The van der Waals surface area contributed by atoms with Crippen molar-refractivity contribution in [3.63, 3.8) is 0 Å². The molecule has 0 fully saturated rings. The summed E-state index contributed by atoms with van der Waals surface area (Å²) in [7, 11) is 0. The number of ether oxygens (including phenoxy) is 2. The van der Waals surface area contributed by atoms with Gasteiger partial charge in [-0.1, -0.05) is 0 Å². The summed E-state index contributed by atoms with van der Waals surface area (Å²) in [6.07, 6.45) is 6.41. The highest BCUT2D eigenvalue weighted by Crippen LogP contribution is 2.32. The van der Waals surface area contributed by atoms with Gasteiger partial charge in [-0.05, 0) is 163 Å². The van der Waals surface area contributed by atoms with E-state index in [4.69, 9.17) is 9.47 Å². The molecule has 0 unspecified atom stereocenters. The smallest absolute Gasteiger partial charge is 0.408 e. The van der Waals surface area contributed by atoms with E-state index in [0.29, 0.717) is 46.9 Å². The molecule has 2 atom stereocenters. The molecule has 6 N–H and O–H groups in total. The summed E-state index contributed by atoms with van der Waals surface area (Å²) in [4.78, 5) is 47.2. The van der Waals surface area contributed by atoms with Crippen LogP contribution in [0.5, 0.6) is 0 Å². The van der Waals surface area contributed by atoms with Crippen LogP contribution >= 0.6 is 0 Å². The highest BCUT2D eigenvalue weighted by molar-refractivity contribution is 5.84. The number of carbonyl (C=O) groups is 2. The van der Waals surface area contributed by atoms with Crippen molar-refractivity contribution in [2.45, 2.75) is 90.5 Å². The molecule has 0 saturated carbocycles. The fraction of sp³-hybridized carbons (Fsp3) is 0.280. The molecule has 0 bridgehead atoms. The SMILES string of the molecule is CC(C)(C)OC(=O)N[C@@](C)(Cc1c[nH]c2cc(F)ccc12)c1ncc(-c2ccc(F)cc2)[nH]1.CC(C)(C)OC(=O)N[C@](C)(Cc1c[nH]c2cc(F)ccc12)c1ncc(-c2ccc(F)cc2)[nH]1. The second-order valence-electron chi connectivity index (χ2n) is 18.6. The molecule has 0 saturated heterocycles. The van der Waals surface area contributed by atoms with Crippen LogP contribution in [0.2, 0.25) is 0 Å². The van der Waals surface area contributed by atoms with Crippen LogP contribution in [0, 0.1) is 23.3 Å². The Kier molecular flexibility index (Phi) is 12.9. The van der Waals surface area contributed by atoms with Gasteiger partial charge >= 0.3 is 12.2 Å². The molecule has 4 aromatic heterocycles. The second kappa shape index (κ2) is 18.3. The van der Waals surface area contributed by atoms with E-state index < -0.39 is 34.5 Å². The lowest BCUT2D eigenvalue weighted by Crippen LogP contribution is -2.48. The third-order valence-electron chi connectivity index (χ3n) is 10.6. The predicted molar refractivity (Wildman–Crippen MR) is 245 cm³/mol. The first kappa shape index (κ1) is 46.6. The Labute approximate surface area is 379 Å². The van der Waals surface area contributed by atoms with Gasteiger partial charge < -0.3 is 40.0 Å². The number of nitrogens with one attached hydrogen (secondary N) is 6. The van der Waals surface area contributed by atoms with Crippen LogP contribution in [-0.2, 0) is 33.4 Å². The lowest BCUT2D eigenvalue weighted by Gasteiger charge is -2.30. The van der Waals surface area contributed by atoms with E-state index in [1.54, 1.807) is 103 Å². The molecule has 0 aliphatic heterocycles. The molecular formula is C50H52F4N8O4. The molecule has 2 amide bonds. The summed E-state index contributed by atoms with van der Waals surface area (Å²) in [5.74, 6) is -0.314. The number of fused-ring (bicyclic) bond motifs is 2. The van der Waals surface area contributed by atoms with E-state index in [9.17, 15) is 27.2 Å². The molecule has 8 rings (SSSR count). The maximum atomic E-state index is 13.6. The normalized spacial score (nSPS) is 13.6. The van der Waals surface area contributed by atoms with Crippen LogP contribution in [0.1, 0.15) is 78.2 Å². The minimum atomic E-state index is -0.982. The van der Waals surface area contributed by atoms with E-state index >= 15 is 0 Å². The van der Waals surface area contributed by atoms with Crippen molar-refractivity contribution in [3.8, 4) is 22.5 Å². The van der Waals surface area contributed by atoms with Gasteiger partial charge in [-0.25, -0.2) is 37.1 Å². The van der Waals surface area contributed by atoms with E-state index in [1.165, 1.54) is 48.5 Å². The zero-order valence-electron chi connectivity index (χ0n) is 37.8. The number of hydrogen-bond acceptors (Lipinski definition) is 6. The molecule has 0 spiro atoms. The van der Waals surface area contributed by atoms with Crippen LogP contribution in [0.25, 0.3) is 44.3 Å². The molecule has 66 heavy (non-hydrogen) atoms. The summed E-state index contributed by atoms with van der Waals surface area (Å²) in [5, 5.41) is 7.60. The van der Waals surface area contributed by atoms with Crippen molar-refractivity contribution in [2.24, 2.45) is 0 Å². The molecule has 4 aromatic carbocycles. The van der Waals surface area contributed by atoms with Gasteiger partial charge in [0.1, 0.15) is 57.2 Å². The monoisotopic (exact) mass is 904 g/mol. The van der Waals surface area contributed by atoms with Crippen molar-refractivity contribution in [1.82, 2.24) is 40.5 Å². The quantitative estimate of drug-likeness (QED) is 0.0748. The maximum Gasteiger partial charge on any atom is 0.408 e. The first-order valence-electron chi connectivity index (χ1n) is 21.2. The average molecular weight is 905 g/mol. The van der Waals surface area contributed by atoms with Gasteiger partial charge in [-0.3, -0.25) is 0 Å². The number of carbonyl (C=O) groups excluding carboxylic acids is 2. The Morgan fingerprint density at radius 3 is 1.23 bits per heavy atom. The standard InChI is InChI=1S/2C25H26F2N4O2/c2*1-24(2,3)33-23(32)31-25(4,12-16-13-28-20-11-18(27)9-10-19(16)20)22-29-14-21(30-22)15-5-7-17(26)8-6-15/h2*5-11,13-14,28H,12H2,1-4H3,(H,29,30)(H,31,32)/t2*25-/m10/s1. The number of benzene rings is 4. The fourth-order valence-electron chi connectivity index (χ4n) is 7.56. The Morgan fingerprint density at radius 1 is 0.530 bits per heavy atom. The lowest BCUT2D eigenvalue weighted by molar-refractivity contribution is 0.0444. The summed E-state index contributed by atoms with van der Waals surface area (Å²) < 4.78 is 64.9. The predicted octanol–water partition coefficient (Wildman–Crippen LogP) is 11.6. The van der Waals surface area contributed by atoms with Crippen molar-refractivity contribution < 1.29 is 36.6 Å². The maximum absolute atomic E-state index is 13.6. The van der Waals surface area contributed by atoms with Gasteiger partial charge in [-0.2, -0.15) is 0 Å². The Hall–Kier alpha value is -7.36. The third-order valence-corrected chi connectivity index (χ3v) is 10.6. The molecule has 16 heteroatoms. The topological polar surface area (TPSA) is 166 Å². The minimum absolute atomic E-state index is 0.328. The van der Waals surface area contributed by atoms with Gasteiger partial charge in [-0.15, -0.1) is 0 Å². The minimum Gasteiger partial charge on any atom is -0.444 e. The number of hydrogen-bond donors (Lipinski definition) is 6. The van der Waals surface area contributed by atoms with Gasteiger partial charge in [0.25, 0.3) is 0 Å². The number of rotatable bonds is 10. The van der Waals surface area contributed by atoms with Gasteiger partial charge in [0.2, 0.25) is 0 Å². The highest BCUT2D eigenvalue weighted by atomic mass is 19.1. The number of halogens is 4. The van der Waals surface area contributed by atoms with E-state index in [-0.39, 0.29) is 23.3 Å². The molecule has 0 aliphatic carbocycles. The van der Waals surface area contributed by atoms with Crippen molar-refractivity contribution in [2.75, 3.05) is 0 Å². The summed E-state index contributed by atoms with van der Waals surface area (Å²) >= 11 is 0.